The zero-order chi connectivity index (χ0) is 26.9. The van der Waals surface area contributed by atoms with Gasteiger partial charge >= 0.3 is 0 Å². The summed E-state index contributed by atoms with van der Waals surface area (Å²) in [6, 6.07) is 26.7. The number of aromatic nitrogens is 2. The van der Waals surface area contributed by atoms with Crippen molar-refractivity contribution in [1.82, 2.24) is 9.97 Å². The fourth-order valence-corrected chi connectivity index (χ4v) is 5.13. The Hall–Kier alpha value is -4.78. The summed E-state index contributed by atoms with van der Waals surface area (Å²) in [4.78, 5) is 10.2. The van der Waals surface area contributed by atoms with Gasteiger partial charge < -0.3 is 24.7 Å². The number of pyridine rings is 1. The van der Waals surface area contributed by atoms with E-state index in [0.717, 1.165) is 45.0 Å². The zero-order valence-electron chi connectivity index (χ0n) is 22.3. The lowest BCUT2D eigenvalue weighted by molar-refractivity contribution is 0.305. The van der Waals surface area contributed by atoms with Crippen molar-refractivity contribution in [3.05, 3.63) is 113 Å². The third-order valence-electron chi connectivity index (χ3n) is 7.35. The molecule has 2 aromatic heterocycles. The monoisotopic (exact) mass is 517 g/mol. The van der Waals surface area contributed by atoms with Crippen LogP contribution in [0.3, 0.4) is 0 Å². The standard InChI is InChI=1S/C32H31N5O2/c1-20-4-8-22(9-5-20)28-18-37(32(33)27-16-30(34-2)36-31(27)28)24-10-13-29-23(14-24)15-26(17-35-29)39-19-21-6-11-25(38-3)12-7-21/h4-17,28,33-34,36H,18-19H2,1-3H3. The number of benzene rings is 3. The van der Waals surface area contributed by atoms with Crippen molar-refractivity contribution in [1.29, 1.82) is 5.41 Å². The maximum atomic E-state index is 9.11. The van der Waals surface area contributed by atoms with E-state index in [0.29, 0.717) is 24.7 Å². The lowest BCUT2D eigenvalue weighted by atomic mass is 9.88. The number of amidine groups is 1. The van der Waals surface area contributed by atoms with Crippen molar-refractivity contribution in [3.63, 3.8) is 0 Å². The molecule has 0 bridgehead atoms. The Morgan fingerprint density at radius 2 is 1.79 bits per heavy atom. The Morgan fingerprint density at radius 3 is 2.54 bits per heavy atom. The van der Waals surface area contributed by atoms with Crippen LogP contribution < -0.4 is 19.7 Å². The number of nitrogens with zero attached hydrogens (tertiary/aromatic N) is 2. The van der Waals surface area contributed by atoms with Gasteiger partial charge in [0.05, 0.1) is 18.8 Å². The third kappa shape index (κ3) is 4.79. The molecule has 7 nitrogen and oxygen atoms in total. The lowest BCUT2D eigenvalue weighted by Gasteiger charge is -2.35. The van der Waals surface area contributed by atoms with Gasteiger partial charge in [0.2, 0.25) is 0 Å². The van der Waals surface area contributed by atoms with E-state index in [1.54, 1.807) is 13.3 Å². The molecule has 7 heteroatoms. The van der Waals surface area contributed by atoms with Crippen molar-refractivity contribution in [2.24, 2.45) is 0 Å². The molecule has 39 heavy (non-hydrogen) atoms. The molecular formula is C32H31N5O2. The largest absolute Gasteiger partial charge is 0.497 e. The maximum Gasteiger partial charge on any atom is 0.138 e. The van der Waals surface area contributed by atoms with Gasteiger partial charge in [0.15, 0.2) is 0 Å². The molecule has 0 spiro atoms. The normalized spacial score (nSPS) is 14.8. The number of hydrogen-bond donors (Lipinski definition) is 3. The fourth-order valence-electron chi connectivity index (χ4n) is 5.13. The van der Waals surface area contributed by atoms with Gasteiger partial charge in [-0.15, -0.1) is 0 Å². The van der Waals surface area contributed by atoms with Gasteiger partial charge in [0, 0.05) is 41.8 Å². The number of ether oxygens (including phenoxy) is 2. The molecule has 1 aliphatic rings. The lowest BCUT2D eigenvalue weighted by Crippen LogP contribution is -2.40. The molecule has 3 aromatic carbocycles. The van der Waals surface area contributed by atoms with Crippen LogP contribution in [0.2, 0.25) is 0 Å². The van der Waals surface area contributed by atoms with Gasteiger partial charge in [-0.25, -0.2) is 0 Å². The zero-order valence-corrected chi connectivity index (χ0v) is 22.3. The second-order valence-corrected chi connectivity index (χ2v) is 9.87. The van der Waals surface area contributed by atoms with Crippen LogP contribution in [-0.2, 0) is 6.61 Å². The van der Waals surface area contributed by atoms with Gasteiger partial charge in [0.1, 0.15) is 29.8 Å². The van der Waals surface area contributed by atoms with Gasteiger partial charge in [-0.3, -0.25) is 10.4 Å². The van der Waals surface area contributed by atoms with Crippen molar-refractivity contribution >= 4 is 28.2 Å². The molecule has 5 aromatic rings. The smallest absolute Gasteiger partial charge is 0.138 e. The molecule has 0 aliphatic carbocycles. The number of methoxy groups -OCH3 is 1. The van der Waals surface area contributed by atoms with Crippen LogP contribution in [0.25, 0.3) is 10.9 Å². The van der Waals surface area contributed by atoms with Crippen LogP contribution in [0.15, 0.2) is 85.1 Å². The van der Waals surface area contributed by atoms with Crippen LogP contribution in [0.1, 0.15) is 33.9 Å². The van der Waals surface area contributed by atoms with Crippen molar-refractivity contribution in [3.8, 4) is 11.5 Å². The van der Waals surface area contributed by atoms with Crippen molar-refractivity contribution in [2.75, 3.05) is 30.9 Å². The summed E-state index contributed by atoms with van der Waals surface area (Å²) in [6.45, 7) is 3.20. The first kappa shape index (κ1) is 24.6. The molecule has 3 N–H and O–H groups in total. The van der Waals surface area contributed by atoms with Crippen molar-refractivity contribution < 1.29 is 9.47 Å². The molecule has 1 atom stereocenters. The number of hydrogen-bond acceptors (Lipinski definition) is 5. The van der Waals surface area contributed by atoms with Crippen LogP contribution in [0.5, 0.6) is 11.5 Å². The molecule has 0 amide bonds. The van der Waals surface area contributed by atoms with E-state index in [-0.39, 0.29) is 5.92 Å². The predicted molar refractivity (Wildman–Crippen MR) is 157 cm³/mol. The highest BCUT2D eigenvalue weighted by atomic mass is 16.5. The van der Waals surface area contributed by atoms with E-state index >= 15 is 0 Å². The minimum absolute atomic E-state index is 0.102. The molecule has 0 radical (unpaired) electrons. The Bertz CT molecular complexity index is 1640. The SMILES string of the molecule is CNc1cc2c([nH]1)C(c1ccc(C)cc1)CN(c1ccc3ncc(OCc4ccc(OC)cc4)cc3c1)C2=N. The number of nitrogens with one attached hydrogen (secondary N) is 3. The van der Waals surface area contributed by atoms with Crippen molar-refractivity contribution in [2.45, 2.75) is 19.4 Å². The summed E-state index contributed by atoms with van der Waals surface area (Å²) in [5.74, 6) is 3.01. The van der Waals surface area contributed by atoms with Crippen LogP contribution >= 0.6 is 0 Å². The average molecular weight is 518 g/mol. The summed E-state index contributed by atoms with van der Waals surface area (Å²) in [6.07, 6.45) is 1.76. The van der Waals surface area contributed by atoms with E-state index in [1.807, 2.05) is 55.6 Å². The first-order valence-corrected chi connectivity index (χ1v) is 13.0. The summed E-state index contributed by atoms with van der Waals surface area (Å²) in [5.41, 5.74) is 7.32. The first-order chi connectivity index (χ1) is 19.0. The highest BCUT2D eigenvalue weighted by Crippen LogP contribution is 2.37. The minimum atomic E-state index is 0.102. The summed E-state index contributed by atoms with van der Waals surface area (Å²) < 4.78 is 11.3. The Morgan fingerprint density at radius 1 is 1.00 bits per heavy atom. The minimum Gasteiger partial charge on any atom is -0.497 e. The quantitative estimate of drug-likeness (QED) is 0.230. The van der Waals surface area contributed by atoms with Crippen LogP contribution in [0, 0.1) is 12.3 Å². The molecule has 1 unspecified atom stereocenters. The average Bonchev–Trinajstić information content (AvgIpc) is 3.42. The third-order valence-corrected chi connectivity index (χ3v) is 7.35. The van der Waals surface area contributed by atoms with Crippen LogP contribution in [0.4, 0.5) is 11.5 Å². The summed E-state index contributed by atoms with van der Waals surface area (Å²) in [7, 11) is 3.55. The number of aromatic amines is 1. The topological polar surface area (TPSA) is 86.3 Å². The molecule has 0 saturated heterocycles. The van der Waals surface area contributed by atoms with E-state index in [2.05, 4.69) is 57.4 Å². The van der Waals surface area contributed by atoms with E-state index in [9.17, 15) is 0 Å². The molecule has 3 heterocycles. The maximum absolute atomic E-state index is 9.11. The molecule has 196 valence electrons. The van der Waals surface area contributed by atoms with Gasteiger partial charge in [-0.2, -0.15) is 0 Å². The molecule has 6 rings (SSSR count). The van der Waals surface area contributed by atoms with Crippen LogP contribution in [-0.4, -0.2) is 36.5 Å². The second kappa shape index (κ2) is 10.2. The first-order valence-electron chi connectivity index (χ1n) is 13.0. The number of anilines is 2. The van der Waals surface area contributed by atoms with Gasteiger partial charge in [-0.1, -0.05) is 42.0 Å². The summed E-state index contributed by atoms with van der Waals surface area (Å²) in [5, 5.41) is 13.3. The highest BCUT2D eigenvalue weighted by Gasteiger charge is 2.33. The Kier molecular flexibility index (Phi) is 6.40. The number of aryl methyl sites for hydroxylation is 1. The number of rotatable bonds is 7. The number of fused-ring (bicyclic) bond motifs is 2. The molecular weight excluding hydrogens is 486 g/mol. The molecule has 1 aliphatic heterocycles. The number of H-pyrrole nitrogens is 1. The van der Waals surface area contributed by atoms with Gasteiger partial charge in [0.25, 0.3) is 0 Å². The molecule has 0 fully saturated rings. The fraction of sp³-hybridized carbons (Fsp3) is 0.188. The Labute approximate surface area is 227 Å². The van der Waals surface area contributed by atoms with E-state index in [4.69, 9.17) is 14.9 Å². The highest BCUT2D eigenvalue weighted by molar-refractivity contribution is 6.11. The van der Waals surface area contributed by atoms with Gasteiger partial charge in [-0.05, 0) is 60.5 Å². The van der Waals surface area contributed by atoms with E-state index < -0.39 is 0 Å². The van der Waals surface area contributed by atoms with E-state index in [1.165, 1.54) is 11.1 Å². The Balaban J connectivity index is 1.30. The second-order valence-electron chi connectivity index (χ2n) is 9.87. The summed E-state index contributed by atoms with van der Waals surface area (Å²) >= 11 is 0. The predicted octanol–water partition coefficient (Wildman–Crippen LogP) is 6.48. The molecule has 0 saturated carbocycles.